The fourth-order valence-corrected chi connectivity index (χ4v) is 5.19. The van der Waals surface area contributed by atoms with E-state index in [-0.39, 0.29) is 6.42 Å². The van der Waals surface area contributed by atoms with Gasteiger partial charge < -0.3 is 24.2 Å². The minimum atomic E-state index is -4.78. The monoisotopic (exact) mass is 601 g/mol. The fourth-order valence-electron chi connectivity index (χ4n) is 4.82. The highest BCUT2D eigenvalue weighted by molar-refractivity contribution is 7.46. The van der Waals surface area contributed by atoms with Crippen molar-refractivity contribution in [1.29, 1.82) is 0 Å². The second kappa shape index (κ2) is 23.0. The summed E-state index contributed by atoms with van der Waals surface area (Å²) in [5.74, 6) is 0. The molecule has 0 aromatic carbocycles. The van der Waals surface area contributed by atoms with Gasteiger partial charge in [0.1, 0.15) is 0 Å². The number of amides is 1. The second-order valence-electron chi connectivity index (χ2n) is 11.3. The zero-order valence-corrected chi connectivity index (χ0v) is 26.9. The van der Waals surface area contributed by atoms with Gasteiger partial charge in [0.25, 0.3) is 0 Å². The molecule has 0 fully saturated rings. The number of aromatic nitrogens is 1. The first-order valence-electron chi connectivity index (χ1n) is 15.8. The molecule has 0 saturated heterocycles. The van der Waals surface area contributed by atoms with E-state index < -0.39 is 26.2 Å². The van der Waals surface area contributed by atoms with Crippen molar-refractivity contribution < 1.29 is 37.7 Å². The lowest BCUT2D eigenvalue weighted by atomic mass is 10.0. The summed E-state index contributed by atoms with van der Waals surface area (Å²) >= 11 is 0. The summed E-state index contributed by atoms with van der Waals surface area (Å²) in [6.45, 7) is 2.89. The maximum Gasteiger partial charge on any atom is 0.469 e. The van der Waals surface area contributed by atoms with E-state index in [1.807, 2.05) is 0 Å². The number of hydrogen-bond acceptors (Lipinski definition) is 5. The van der Waals surface area contributed by atoms with E-state index >= 15 is 0 Å². The summed E-state index contributed by atoms with van der Waals surface area (Å²) in [5, 5.41) is 0. The Labute approximate surface area is 249 Å². The zero-order valence-electron chi connectivity index (χ0n) is 26.0. The van der Waals surface area contributed by atoms with Gasteiger partial charge in [0.2, 0.25) is 0 Å². The standard InChI is InChI=1S/C31H57N2O7P/c1-4-5-6-7-8-9-10-11-12-13-14-15-16-17-18-22-27-38-28-23-24-31(29-39-41(35,36)37,40-30(34)32(2)3)33-25-20-19-21-26-33/h19-21,25-26H,4-18,22-24,27-29H2,1-3H3,(H-,35,36,37)/p+1. The van der Waals surface area contributed by atoms with Crippen LogP contribution in [0.5, 0.6) is 0 Å². The Morgan fingerprint density at radius 3 is 1.68 bits per heavy atom. The molecule has 1 aromatic rings. The van der Waals surface area contributed by atoms with E-state index in [4.69, 9.17) is 14.0 Å². The van der Waals surface area contributed by atoms with Gasteiger partial charge in [-0.15, -0.1) is 0 Å². The molecule has 2 N–H and O–H groups in total. The minimum Gasteiger partial charge on any atom is -0.381 e. The van der Waals surface area contributed by atoms with Crippen LogP contribution in [0.2, 0.25) is 0 Å². The molecule has 1 atom stereocenters. The molecule has 1 aromatic heterocycles. The lowest BCUT2D eigenvalue weighted by Crippen LogP contribution is -2.61. The molecule has 0 radical (unpaired) electrons. The Bertz CT molecular complexity index is 822. The molecule has 9 nitrogen and oxygen atoms in total. The molecule has 1 amide bonds. The van der Waals surface area contributed by atoms with E-state index in [1.54, 1.807) is 49.3 Å². The van der Waals surface area contributed by atoms with Crippen LogP contribution in [0.4, 0.5) is 4.79 Å². The highest BCUT2D eigenvalue weighted by Crippen LogP contribution is 2.38. The highest BCUT2D eigenvalue weighted by Gasteiger charge is 2.46. The van der Waals surface area contributed by atoms with Crippen molar-refractivity contribution in [2.45, 2.75) is 128 Å². The number of carbonyl (C=O) groups excluding carboxylic acids is 1. The minimum absolute atomic E-state index is 0.264. The predicted molar refractivity (Wildman–Crippen MR) is 162 cm³/mol. The zero-order chi connectivity index (χ0) is 30.2. The largest absolute Gasteiger partial charge is 0.469 e. The number of nitrogens with zero attached hydrogens (tertiary/aromatic N) is 2. The van der Waals surface area contributed by atoms with Crippen molar-refractivity contribution in [2.75, 3.05) is 33.9 Å². The Balaban J connectivity index is 2.24. The van der Waals surface area contributed by atoms with E-state index in [1.165, 1.54) is 94.8 Å². The summed E-state index contributed by atoms with van der Waals surface area (Å²) in [5.41, 5.74) is -1.43. The number of rotatable bonds is 26. The topological polar surface area (TPSA) is 109 Å². The van der Waals surface area contributed by atoms with Gasteiger partial charge in [0.15, 0.2) is 19.0 Å². The van der Waals surface area contributed by atoms with Gasteiger partial charge in [-0.05, 0) is 12.8 Å². The fraction of sp³-hybridized carbons (Fsp3) is 0.806. The van der Waals surface area contributed by atoms with E-state index in [0.717, 1.165) is 12.8 Å². The average Bonchev–Trinajstić information content (AvgIpc) is 2.94. The lowest BCUT2D eigenvalue weighted by Gasteiger charge is -2.29. The third kappa shape index (κ3) is 19.3. The van der Waals surface area contributed by atoms with Crippen LogP contribution >= 0.6 is 7.82 Å². The maximum absolute atomic E-state index is 12.5. The molecular weight excluding hydrogens is 543 g/mol. The summed E-state index contributed by atoms with van der Waals surface area (Å²) in [6.07, 6.45) is 24.8. The Morgan fingerprint density at radius 2 is 1.22 bits per heavy atom. The molecule has 0 saturated carbocycles. The van der Waals surface area contributed by atoms with Crippen LogP contribution < -0.4 is 4.57 Å². The first-order valence-corrected chi connectivity index (χ1v) is 17.4. The SMILES string of the molecule is CCCCCCCCCCCCCCCCCCOCCCC(COP(=O)(O)O)(OC(=O)N(C)C)[n+]1ccccc1. The summed E-state index contributed by atoms with van der Waals surface area (Å²) in [7, 11) is -1.68. The Morgan fingerprint density at radius 1 is 0.756 bits per heavy atom. The second-order valence-corrected chi connectivity index (χ2v) is 12.5. The predicted octanol–water partition coefficient (Wildman–Crippen LogP) is 7.49. The van der Waals surface area contributed by atoms with Crippen molar-refractivity contribution in [3.8, 4) is 0 Å². The molecule has 1 heterocycles. The van der Waals surface area contributed by atoms with Crippen molar-refractivity contribution >= 4 is 13.9 Å². The van der Waals surface area contributed by atoms with Crippen LogP contribution in [0.15, 0.2) is 30.6 Å². The van der Waals surface area contributed by atoms with E-state index in [2.05, 4.69) is 6.92 Å². The van der Waals surface area contributed by atoms with Gasteiger partial charge >= 0.3 is 19.6 Å². The normalized spacial score (nSPS) is 13.2. The number of hydrogen-bond donors (Lipinski definition) is 2. The molecular formula is C31H58N2O7P+. The molecule has 0 aliphatic carbocycles. The van der Waals surface area contributed by atoms with Gasteiger partial charge in [-0.1, -0.05) is 109 Å². The number of ether oxygens (including phenoxy) is 2. The van der Waals surface area contributed by atoms with Crippen LogP contribution in [0.3, 0.4) is 0 Å². The van der Waals surface area contributed by atoms with Crippen molar-refractivity contribution in [1.82, 2.24) is 4.90 Å². The average molecular weight is 602 g/mol. The van der Waals surface area contributed by atoms with Crippen LogP contribution in [-0.4, -0.2) is 54.7 Å². The van der Waals surface area contributed by atoms with Gasteiger partial charge in [-0.2, -0.15) is 4.57 Å². The summed E-state index contributed by atoms with van der Waals surface area (Å²) in [6, 6.07) is 5.31. The molecule has 1 unspecified atom stereocenters. The molecule has 238 valence electrons. The number of unbranched alkanes of at least 4 members (excludes halogenated alkanes) is 15. The third-order valence-electron chi connectivity index (χ3n) is 7.29. The van der Waals surface area contributed by atoms with E-state index in [0.29, 0.717) is 19.6 Å². The summed E-state index contributed by atoms with van der Waals surface area (Å²) in [4.78, 5) is 32.4. The number of pyridine rings is 1. The van der Waals surface area contributed by atoms with Crippen molar-refractivity contribution in [3.05, 3.63) is 30.6 Å². The van der Waals surface area contributed by atoms with Gasteiger partial charge in [0, 0.05) is 39.4 Å². The Hall–Kier alpha value is -1.51. The first kappa shape index (κ1) is 37.5. The molecule has 0 aliphatic rings. The van der Waals surface area contributed by atoms with Gasteiger partial charge in [-0.25, -0.2) is 9.36 Å². The molecule has 1 rings (SSSR count). The van der Waals surface area contributed by atoms with Gasteiger partial charge in [-0.3, -0.25) is 4.52 Å². The van der Waals surface area contributed by atoms with E-state index in [9.17, 15) is 19.1 Å². The lowest BCUT2D eigenvalue weighted by molar-refractivity contribution is -0.806. The molecule has 0 aliphatic heterocycles. The number of carbonyl (C=O) groups is 1. The molecule has 0 bridgehead atoms. The maximum atomic E-state index is 12.5. The van der Waals surface area contributed by atoms with Crippen LogP contribution in [0.1, 0.15) is 122 Å². The quantitative estimate of drug-likeness (QED) is 0.0643. The molecule has 41 heavy (non-hydrogen) atoms. The van der Waals surface area contributed by atoms with Crippen molar-refractivity contribution in [2.24, 2.45) is 0 Å². The summed E-state index contributed by atoms with van der Waals surface area (Å²) < 4.78 is 29.5. The Kier molecular flexibility index (Phi) is 21.1. The smallest absolute Gasteiger partial charge is 0.381 e. The number of phosphoric acid groups is 1. The molecule has 10 heteroatoms. The van der Waals surface area contributed by atoms with Crippen LogP contribution in [0, 0.1) is 0 Å². The highest BCUT2D eigenvalue weighted by atomic mass is 31.2. The molecule has 0 spiro atoms. The number of phosphoric ester groups is 1. The van der Waals surface area contributed by atoms with Crippen LogP contribution in [-0.2, 0) is 24.3 Å². The third-order valence-corrected chi connectivity index (χ3v) is 7.75. The van der Waals surface area contributed by atoms with Crippen LogP contribution in [0.25, 0.3) is 0 Å². The first-order chi connectivity index (χ1) is 19.7. The van der Waals surface area contributed by atoms with Gasteiger partial charge in [0.05, 0.1) is 6.42 Å². The van der Waals surface area contributed by atoms with Crippen molar-refractivity contribution in [3.63, 3.8) is 0 Å².